The van der Waals surface area contributed by atoms with Crippen LogP contribution in [0, 0.1) is 6.92 Å². The van der Waals surface area contributed by atoms with Crippen molar-refractivity contribution in [2.24, 2.45) is 0 Å². The van der Waals surface area contributed by atoms with Crippen LogP contribution >= 0.6 is 23.5 Å². The maximum Gasteiger partial charge on any atom is 0.446 e. The molecule has 0 aromatic heterocycles. The van der Waals surface area contributed by atoms with E-state index in [-0.39, 0.29) is 54.0 Å². The summed E-state index contributed by atoms with van der Waals surface area (Å²) in [6, 6.07) is 29.3. The summed E-state index contributed by atoms with van der Waals surface area (Å²) in [6.07, 6.45) is 5.38. The van der Waals surface area contributed by atoms with Crippen LogP contribution in [0.2, 0.25) is 0 Å². The molecule has 0 bridgehead atoms. The Morgan fingerprint density at radius 2 is 1.07 bits per heavy atom. The topological polar surface area (TPSA) is 119 Å². The number of ether oxygens (including phenoxy) is 2. The van der Waals surface area contributed by atoms with E-state index in [4.69, 9.17) is 14.6 Å². The Bertz CT molecular complexity index is 2200. The molecule has 0 radical (unpaired) electrons. The van der Waals surface area contributed by atoms with Gasteiger partial charge < -0.3 is 45.2 Å². The average Bonchev–Trinajstić information content (AvgIpc) is 3.37. The van der Waals surface area contributed by atoms with Crippen LogP contribution in [0.25, 0.3) is 0 Å². The lowest BCUT2D eigenvalue weighted by Crippen LogP contribution is -2.50. The van der Waals surface area contributed by atoms with E-state index in [1.807, 2.05) is 4.90 Å². The second kappa shape index (κ2) is 27.3. The van der Waals surface area contributed by atoms with Gasteiger partial charge in [0.2, 0.25) is 5.91 Å². The minimum absolute atomic E-state index is 0.0469. The molecule has 2 aliphatic carbocycles. The molecule has 4 aliphatic rings. The molecule has 4 N–H and O–H groups in total. The van der Waals surface area contributed by atoms with Crippen LogP contribution in [0.15, 0.2) is 107 Å². The molecule has 2 saturated carbocycles. The van der Waals surface area contributed by atoms with E-state index in [0.29, 0.717) is 19.1 Å². The van der Waals surface area contributed by atoms with Crippen molar-refractivity contribution in [3.8, 4) is 0 Å². The fourth-order valence-electron chi connectivity index (χ4n) is 8.88. The normalized spacial score (nSPS) is 20.7. The van der Waals surface area contributed by atoms with Crippen molar-refractivity contribution in [1.29, 1.82) is 0 Å². The van der Waals surface area contributed by atoms with E-state index in [2.05, 4.69) is 87.5 Å². The summed E-state index contributed by atoms with van der Waals surface area (Å²) in [5, 5.41) is 18.7. The van der Waals surface area contributed by atoms with Crippen molar-refractivity contribution >= 4 is 58.1 Å². The van der Waals surface area contributed by atoms with Gasteiger partial charge in [0.05, 0.1) is 17.8 Å². The van der Waals surface area contributed by atoms with Gasteiger partial charge in [0.1, 0.15) is 13.2 Å². The van der Waals surface area contributed by atoms with Gasteiger partial charge in [-0.15, -0.1) is 11.8 Å². The lowest BCUT2D eigenvalue weighted by molar-refractivity contribution is -0.145. The molecule has 388 valence electrons. The molecule has 11 nitrogen and oxygen atoms in total. The Morgan fingerprint density at radius 3 is 1.52 bits per heavy atom. The van der Waals surface area contributed by atoms with Crippen LogP contribution in [0.5, 0.6) is 0 Å². The molecule has 4 fully saturated rings. The maximum absolute atomic E-state index is 12.6. The second-order valence-corrected chi connectivity index (χ2v) is 20.1. The molecule has 19 heteroatoms. The smallest absolute Gasteiger partial charge is 0.446 e. The van der Waals surface area contributed by atoms with Crippen LogP contribution in [0.1, 0.15) is 62.5 Å². The molecular weight excluding hydrogens is 967 g/mol. The van der Waals surface area contributed by atoms with E-state index in [1.165, 1.54) is 40.4 Å². The number of rotatable bonds is 14. The number of piperazine rings is 2. The quantitative estimate of drug-likeness (QED) is 0.0711. The third-order valence-corrected chi connectivity index (χ3v) is 14.3. The summed E-state index contributed by atoms with van der Waals surface area (Å²) in [7, 11) is 0. The summed E-state index contributed by atoms with van der Waals surface area (Å²) < 4.78 is 85.7. The van der Waals surface area contributed by atoms with E-state index < -0.39 is 23.2 Å². The number of aliphatic carboxylic acids is 1. The van der Waals surface area contributed by atoms with Crippen molar-refractivity contribution < 1.29 is 50.5 Å². The molecule has 4 aromatic rings. The number of carboxylic acids is 1. The van der Waals surface area contributed by atoms with Crippen LogP contribution in [-0.2, 0) is 25.2 Å². The predicted octanol–water partition coefficient (Wildman–Crippen LogP) is 11.0. The molecule has 71 heavy (non-hydrogen) atoms. The molecular formula is C52H66F6N6O5S2. The van der Waals surface area contributed by atoms with Crippen molar-refractivity contribution in [2.45, 2.75) is 104 Å². The Labute approximate surface area is 421 Å². The molecule has 2 saturated heterocycles. The first-order chi connectivity index (χ1) is 34.0. The number of nitrogens with one attached hydrogen (secondary N) is 3. The molecule has 0 atom stereocenters. The van der Waals surface area contributed by atoms with Crippen molar-refractivity contribution in [1.82, 2.24) is 10.2 Å². The third kappa shape index (κ3) is 19.3. The minimum atomic E-state index is -4.27. The number of alkyl halides is 6. The maximum atomic E-state index is 12.6. The highest BCUT2D eigenvalue weighted by Gasteiger charge is 2.31. The molecule has 2 aliphatic heterocycles. The monoisotopic (exact) mass is 1030 g/mol. The largest absolute Gasteiger partial charge is 0.480 e. The summed E-state index contributed by atoms with van der Waals surface area (Å²) >= 11 is 1.63. The standard InChI is InChI=1S/C26H32F3N3O2S.C15H21NO3S.C11H13F3N2/c1-19-2-8-22(9-3-19)31-14-16-32(17-15-31)25(33)18-34-23-10-4-20(5-11-23)30-21-6-12-24(13-7-21)35-26(27,28)29;1-20-14-8-4-12(5-9-14)16-11-2-6-13(7-3-11)19-10-15(17)18;12-11(13,14)9-1-3-10(4-2-9)16-7-5-15-6-8-16/h2-3,6-9,12-13,20,23,30H,4-5,10-11,14-18H2,1H3;4-5,8-9,11,13,16H,2-3,6-7,10H2,1H3,(H,17,18);1-4,15H,5-8H2. The van der Waals surface area contributed by atoms with Gasteiger partial charge in [-0.25, -0.2) is 4.79 Å². The number of amides is 1. The van der Waals surface area contributed by atoms with Crippen molar-refractivity contribution in [2.75, 3.05) is 92.3 Å². The van der Waals surface area contributed by atoms with E-state index in [1.54, 1.807) is 23.9 Å². The fraction of sp³-hybridized carbons (Fsp3) is 0.500. The highest BCUT2D eigenvalue weighted by molar-refractivity contribution is 8.00. The number of carboxylic acid groups (broad SMARTS) is 1. The Balaban J connectivity index is 0.000000193. The predicted molar refractivity (Wildman–Crippen MR) is 272 cm³/mol. The zero-order valence-electron chi connectivity index (χ0n) is 40.3. The number of nitrogens with zero attached hydrogens (tertiary/aromatic N) is 3. The summed E-state index contributed by atoms with van der Waals surface area (Å²) in [5.41, 5.74) is 0.395. The molecule has 1 amide bonds. The Kier molecular flexibility index (Phi) is 21.3. The number of benzene rings is 4. The number of aryl methyl sites for hydroxylation is 1. The molecule has 4 aromatic carbocycles. The van der Waals surface area contributed by atoms with Gasteiger partial charge in [-0.05, 0) is 161 Å². The number of thioether (sulfide) groups is 2. The second-order valence-electron chi connectivity index (χ2n) is 18.0. The van der Waals surface area contributed by atoms with Gasteiger partial charge in [0, 0.05) is 97.0 Å². The fourth-order valence-corrected chi connectivity index (χ4v) is 9.83. The van der Waals surface area contributed by atoms with Gasteiger partial charge in [-0.1, -0.05) is 17.7 Å². The van der Waals surface area contributed by atoms with Gasteiger partial charge >= 0.3 is 17.7 Å². The third-order valence-electron chi connectivity index (χ3n) is 12.9. The Morgan fingerprint density at radius 1 is 0.620 bits per heavy atom. The summed E-state index contributed by atoms with van der Waals surface area (Å²) in [4.78, 5) is 30.8. The molecule has 2 heterocycles. The number of carbonyl (C=O) groups excluding carboxylic acids is 1. The highest BCUT2D eigenvalue weighted by atomic mass is 32.2. The van der Waals surface area contributed by atoms with E-state index in [9.17, 15) is 35.9 Å². The van der Waals surface area contributed by atoms with Gasteiger partial charge in [-0.3, -0.25) is 4.79 Å². The first-order valence-electron chi connectivity index (χ1n) is 24.2. The number of hydrogen-bond donors (Lipinski definition) is 4. The average molecular weight is 1030 g/mol. The van der Waals surface area contributed by atoms with E-state index >= 15 is 0 Å². The molecule has 8 rings (SSSR count). The number of hydrogen-bond acceptors (Lipinski definition) is 11. The highest BCUT2D eigenvalue weighted by Crippen LogP contribution is 2.37. The first kappa shape index (κ1) is 55.5. The van der Waals surface area contributed by atoms with E-state index in [0.717, 1.165) is 120 Å². The number of carbonyl (C=O) groups is 2. The van der Waals surface area contributed by atoms with Gasteiger partial charge in [0.25, 0.3) is 0 Å². The van der Waals surface area contributed by atoms with Crippen LogP contribution < -0.4 is 25.8 Å². The van der Waals surface area contributed by atoms with Crippen molar-refractivity contribution in [3.63, 3.8) is 0 Å². The van der Waals surface area contributed by atoms with Crippen molar-refractivity contribution in [3.05, 3.63) is 108 Å². The van der Waals surface area contributed by atoms with Crippen LogP contribution in [0.4, 0.5) is 49.1 Å². The SMILES string of the molecule is CSc1ccc(NC2CCC(OCC(=O)O)CC2)cc1.Cc1ccc(N2CCN(C(=O)COC3CCC(Nc4ccc(SC(F)(F)F)cc4)CC3)CC2)cc1.FC(F)(F)c1ccc(N2CCNCC2)cc1. The summed E-state index contributed by atoms with van der Waals surface area (Å²) in [6.45, 7) is 8.48. The van der Waals surface area contributed by atoms with Gasteiger partial charge in [-0.2, -0.15) is 26.3 Å². The number of halogens is 6. The van der Waals surface area contributed by atoms with Gasteiger partial charge in [0.15, 0.2) is 0 Å². The minimum Gasteiger partial charge on any atom is -0.480 e. The lowest BCUT2D eigenvalue weighted by atomic mass is 9.93. The molecule has 0 spiro atoms. The zero-order valence-corrected chi connectivity index (χ0v) is 41.9. The lowest BCUT2D eigenvalue weighted by Gasteiger charge is -2.36. The molecule has 0 unspecified atom stereocenters. The Hall–Kier alpha value is -4.82. The first-order valence-corrected chi connectivity index (χ1v) is 26.2. The zero-order chi connectivity index (χ0) is 50.8. The number of anilines is 4. The summed E-state index contributed by atoms with van der Waals surface area (Å²) in [5.74, 6) is -0.843. The van der Waals surface area contributed by atoms with Crippen LogP contribution in [0.3, 0.4) is 0 Å². The van der Waals surface area contributed by atoms with Crippen LogP contribution in [-0.4, -0.2) is 124 Å².